The third-order valence-corrected chi connectivity index (χ3v) is 3.43. The quantitative estimate of drug-likeness (QED) is 0.813. The van der Waals surface area contributed by atoms with Gasteiger partial charge in [-0.2, -0.15) is 0 Å². The van der Waals surface area contributed by atoms with E-state index < -0.39 is 0 Å². The van der Waals surface area contributed by atoms with Crippen LogP contribution in [0.25, 0.3) is 10.8 Å². The van der Waals surface area contributed by atoms with E-state index in [1.807, 2.05) is 12.1 Å². The number of hydrogen-bond donors (Lipinski definition) is 1. The third kappa shape index (κ3) is 2.06. The molecule has 1 saturated heterocycles. The monoisotopic (exact) mass is 228 g/mol. The van der Waals surface area contributed by atoms with Crippen molar-refractivity contribution in [2.45, 2.75) is 25.0 Å². The van der Waals surface area contributed by atoms with Crippen molar-refractivity contribution in [2.75, 3.05) is 6.61 Å². The molecule has 0 radical (unpaired) electrons. The molecule has 0 spiro atoms. The fraction of sp³-hybridized carbons (Fsp3) is 0.333. The first-order valence-corrected chi connectivity index (χ1v) is 6.12. The molecule has 1 aliphatic heterocycles. The molecule has 0 amide bonds. The standard InChI is InChI=1S/C15H16O2/c16-12-8-9-17-15(10-12)14-7-3-5-11-4-1-2-6-13(11)14/h1-7,12,15-16H,8-10H2/t12-,15+/m0/s1. The second-order valence-corrected chi connectivity index (χ2v) is 4.61. The molecule has 2 heteroatoms. The zero-order valence-corrected chi connectivity index (χ0v) is 9.67. The van der Waals surface area contributed by atoms with Gasteiger partial charge >= 0.3 is 0 Å². The minimum Gasteiger partial charge on any atom is -0.393 e. The van der Waals surface area contributed by atoms with E-state index in [9.17, 15) is 5.11 Å². The molecule has 2 atom stereocenters. The van der Waals surface area contributed by atoms with E-state index in [1.165, 1.54) is 16.3 Å². The fourth-order valence-electron chi connectivity index (χ4n) is 2.53. The van der Waals surface area contributed by atoms with E-state index in [2.05, 4.69) is 30.3 Å². The molecular formula is C15H16O2. The Morgan fingerprint density at radius 1 is 1.06 bits per heavy atom. The molecule has 1 N–H and O–H groups in total. The average molecular weight is 228 g/mol. The minimum absolute atomic E-state index is 0.0323. The second-order valence-electron chi connectivity index (χ2n) is 4.61. The lowest BCUT2D eigenvalue weighted by atomic mass is 9.95. The molecule has 2 aromatic carbocycles. The Bertz CT molecular complexity index is 516. The molecule has 3 rings (SSSR count). The van der Waals surface area contributed by atoms with Crippen molar-refractivity contribution >= 4 is 10.8 Å². The summed E-state index contributed by atoms with van der Waals surface area (Å²) in [6.07, 6.45) is 1.26. The molecule has 0 aliphatic carbocycles. The Morgan fingerprint density at radius 3 is 2.76 bits per heavy atom. The van der Waals surface area contributed by atoms with Crippen LogP contribution in [0.15, 0.2) is 42.5 Å². The smallest absolute Gasteiger partial charge is 0.0855 e. The summed E-state index contributed by atoms with van der Waals surface area (Å²) in [6.45, 7) is 0.648. The molecule has 0 aromatic heterocycles. The number of ether oxygens (including phenoxy) is 1. The predicted octanol–water partition coefficient (Wildman–Crippen LogP) is 3.05. The highest BCUT2D eigenvalue weighted by Crippen LogP contribution is 2.32. The lowest BCUT2D eigenvalue weighted by Gasteiger charge is -2.27. The lowest BCUT2D eigenvalue weighted by molar-refractivity contribution is -0.0441. The van der Waals surface area contributed by atoms with Crippen LogP contribution in [0.5, 0.6) is 0 Å². The van der Waals surface area contributed by atoms with Gasteiger partial charge in [0.05, 0.1) is 12.2 Å². The summed E-state index contributed by atoms with van der Waals surface area (Å²) in [5.74, 6) is 0. The fourth-order valence-corrected chi connectivity index (χ4v) is 2.53. The number of rotatable bonds is 1. The third-order valence-electron chi connectivity index (χ3n) is 3.43. The van der Waals surface area contributed by atoms with E-state index in [0.717, 1.165) is 6.42 Å². The van der Waals surface area contributed by atoms with E-state index >= 15 is 0 Å². The van der Waals surface area contributed by atoms with E-state index in [-0.39, 0.29) is 12.2 Å². The minimum atomic E-state index is -0.229. The highest BCUT2D eigenvalue weighted by Gasteiger charge is 2.23. The van der Waals surface area contributed by atoms with Crippen molar-refractivity contribution in [2.24, 2.45) is 0 Å². The number of aliphatic hydroxyl groups is 1. The first kappa shape index (κ1) is 10.8. The zero-order valence-electron chi connectivity index (χ0n) is 9.67. The first-order chi connectivity index (χ1) is 8.34. The van der Waals surface area contributed by atoms with Gasteiger partial charge in [-0.3, -0.25) is 0 Å². The first-order valence-electron chi connectivity index (χ1n) is 6.12. The van der Waals surface area contributed by atoms with Crippen LogP contribution < -0.4 is 0 Å². The Labute approximate surface area is 101 Å². The van der Waals surface area contributed by atoms with Gasteiger partial charge in [0.2, 0.25) is 0 Å². The van der Waals surface area contributed by atoms with Gasteiger partial charge in [0.15, 0.2) is 0 Å². The number of hydrogen-bond acceptors (Lipinski definition) is 2. The maximum Gasteiger partial charge on any atom is 0.0855 e. The lowest BCUT2D eigenvalue weighted by Crippen LogP contribution is -2.23. The highest BCUT2D eigenvalue weighted by atomic mass is 16.5. The van der Waals surface area contributed by atoms with Crippen LogP contribution in [-0.2, 0) is 4.74 Å². The van der Waals surface area contributed by atoms with Crippen LogP contribution in [0, 0.1) is 0 Å². The number of fused-ring (bicyclic) bond motifs is 1. The van der Waals surface area contributed by atoms with Gasteiger partial charge in [0.1, 0.15) is 0 Å². The zero-order chi connectivity index (χ0) is 11.7. The van der Waals surface area contributed by atoms with Crippen molar-refractivity contribution in [1.29, 1.82) is 0 Å². The summed E-state index contributed by atoms with van der Waals surface area (Å²) in [6, 6.07) is 14.6. The Balaban J connectivity index is 2.04. The molecular weight excluding hydrogens is 212 g/mol. The van der Waals surface area contributed by atoms with Crippen molar-refractivity contribution in [3.05, 3.63) is 48.0 Å². The maximum absolute atomic E-state index is 9.73. The van der Waals surface area contributed by atoms with Gasteiger partial charge in [0.25, 0.3) is 0 Å². The van der Waals surface area contributed by atoms with Crippen molar-refractivity contribution in [1.82, 2.24) is 0 Å². The molecule has 2 nitrogen and oxygen atoms in total. The van der Waals surface area contributed by atoms with Gasteiger partial charge in [-0.05, 0) is 22.8 Å². The summed E-state index contributed by atoms with van der Waals surface area (Å²) in [5.41, 5.74) is 1.20. The topological polar surface area (TPSA) is 29.5 Å². The molecule has 17 heavy (non-hydrogen) atoms. The van der Waals surface area contributed by atoms with Gasteiger partial charge in [0, 0.05) is 13.0 Å². The SMILES string of the molecule is O[C@H]1CCO[C@@H](c2cccc3ccccc23)C1. The summed E-state index contributed by atoms with van der Waals surface area (Å²) >= 11 is 0. The molecule has 1 aliphatic rings. The normalized spacial score (nSPS) is 25.0. The molecule has 88 valence electrons. The van der Waals surface area contributed by atoms with Gasteiger partial charge < -0.3 is 9.84 Å². The Kier molecular flexibility index (Phi) is 2.83. The molecule has 0 bridgehead atoms. The van der Waals surface area contributed by atoms with Crippen molar-refractivity contribution in [3.8, 4) is 0 Å². The van der Waals surface area contributed by atoms with Crippen molar-refractivity contribution < 1.29 is 9.84 Å². The molecule has 1 fully saturated rings. The summed E-state index contributed by atoms with van der Waals surface area (Å²) in [5, 5.41) is 12.2. The average Bonchev–Trinajstić information content (AvgIpc) is 2.38. The van der Waals surface area contributed by atoms with Crippen LogP contribution in [0.3, 0.4) is 0 Å². The highest BCUT2D eigenvalue weighted by molar-refractivity contribution is 5.86. The van der Waals surface area contributed by atoms with Gasteiger partial charge in [-0.25, -0.2) is 0 Å². The summed E-state index contributed by atoms with van der Waals surface area (Å²) < 4.78 is 5.78. The molecule has 2 aromatic rings. The molecule has 0 unspecified atom stereocenters. The van der Waals surface area contributed by atoms with Gasteiger partial charge in [-0.1, -0.05) is 42.5 Å². The maximum atomic E-state index is 9.73. The second kappa shape index (κ2) is 4.47. The largest absolute Gasteiger partial charge is 0.393 e. The Hall–Kier alpha value is -1.38. The van der Waals surface area contributed by atoms with E-state index in [0.29, 0.717) is 13.0 Å². The van der Waals surface area contributed by atoms with Crippen LogP contribution in [0.4, 0.5) is 0 Å². The predicted molar refractivity (Wildman–Crippen MR) is 67.9 cm³/mol. The van der Waals surface area contributed by atoms with Crippen LogP contribution in [-0.4, -0.2) is 17.8 Å². The summed E-state index contributed by atoms with van der Waals surface area (Å²) in [4.78, 5) is 0. The van der Waals surface area contributed by atoms with Crippen LogP contribution >= 0.6 is 0 Å². The molecule has 0 saturated carbocycles. The van der Waals surface area contributed by atoms with Crippen LogP contribution in [0.2, 0.25) is 0 Å². The van der Waals surface area contributed by atoms with Crippen molar-refractivity contribution in [3.63, 3.8) is 0 Å². The van der Waals surface area contributed by atoms with Crippen LogP contribution in [0.1, 0.15) is 24.5 Å². The number of aliphatic hydroxyl groups excluding tert-OH is 1. The summed E-state index contributed by atoms with van der Waals surface area (Å²) in [7, 11) is 0. The van der Waals surface area contributed by atoms with Gasteiger partial charge in [-0.15, -0.1) is 0 Å². The number of benzene rings is 2. The Morgan fingerprint density at radius 2 is 1.88 bits per heavy atom. The molecule has 1 heterocycles. The van der Waals surface area contributed by atoms with E-state index in [4.69, 9.17) is 4.74 Å². The van der Waals surface area contributed by atoms with E-state index in [1.54, 1.807) is 0 Å².